The molecule has 8 nitrogen and oxygen atoms in total. The van der Waals surface area contributed by atoms with Crippen LogP contribution < -0.4 is 0 Å². The molecule has 7 atom stereocenters. The summed E-state index contributed by atoms with van der Waals surface area (Å²) in [6.07, 6.45) is 23.9. The lowest BCUT2D eigenvalue weighted by Gasteiger charge is -2.24. The van der Waals surface area contributed by atoms with Gasteiger partial charge in [0.05, 0.1) is 13.2 Å². The number of ether oxygens (including phenoxy) is 3. The van der Waals surface area contributed by atoms with E-state index in [-0.39, 0.29) is 19.2 Å². The van der Waals surface area contributed by atoms with Gasteiger partial charge >= 0.3 is 5.97 Å². The Balaban J connectivity index is 2.25. The second kappa shape index (κ2) is 31.7. The van der Waals surface area contributed by atoms with Crippen LogP contribution in [0.3, 0.4) is 0 Å². The molecule has 1 aliphatic carbocycles. The zero-order valence-electron chi connectivity index (χ0n) is 33.0. The molecule has 0 saturated heterocycles. The standard InChI is InChI=1S/C42H82O8/c1-5-7-9-20-26-34(3)28-22-16-12-11-15-19-25-31-48-32-36(33-49-42-40(46)38(44)39(45)41(42)47)50-37(43)30-24-18-14-13-17-23-29-35(4)27-21-10-8-6-2/h34-36,38-42,44-47H,5-33H2,1-4H3/t34?,35?,36?,38-,39-,40+,41+/m1/s1. The number of esters is 1. The van der Waals surface area contributed by atoms with Crippen molar-refractivity contribution >= 4 is 5.97 Å². The van der Waals surface area contributed by atoms with Gasteiger partial charge in [-0.1, -0.05) is 175 Å². The first kappa shape index (κ1) is 47.3. The van der Waals surface area contributed by atoms with Crippen molar-refractivity contribution < 1.29 is 39.4 Å². The maximum absolute atomic E-state index is 12.7. The number of rotatable bonds is 35. The lowest BCUT2D eigenvalue weighted by molar-refractivity contribution is -0.163. The summed E-state index contributed by atoms with van der Waals surface area (Å²) >= 11 is 0. The monoisotopic (exact) mass is 715 g/mol. The fourth-order valence-electron chi connectivity index (χ4n) is 7.16. The molecule has 1 fully saturated rings. The van der Waals surface area contributed by atoms with Crippen LogP contribution >= 0.6 is 0 Å². The summed E-state index contributed by atoms with van der Waals surface area (Å²) in [5.74, 6) is 1.37. The molecule has 50 heavy (non-hydrogen) atoms. The predicted molar refractivity (Wildman–Crippen MR) is 204 cm³/mol. The third-order valence-electron chi connectivity index (χ3n) is 10.7. The molecule has 1 rings (SSSR count). The molecular formula is C42H82O8. The highest BCUT2D eigenvalue weighted by Gasteiger charge is 2.49. The van der Waals surface area contributed by atoms with Crippen molar-refractivity contribution in [2.45, 2.75) is 231 Å². The van der Waals surface area contributed by atoms with E-state index in [0.29, 0.717) is 13.0 Å². The topological polar surface area (TPSA) is 126 Å². The van der Waals surface area contributed by atoms with Gasteiger partial charge in [0.1, 0.15) is 36.6 Å². The van der Waals surface area contributed by atoms with Gasteiger partial charge in [-0.2, -0.15) is 0 Å². The summed E-state index contributed by atoms with van der Waals surface area (Å²) in [5, 5.41) is 40.2. The molecule has 0 heterocycles. The fraction of sp³-hybridized carbons (Fsp3) is 0.976. The predicted octanol–water partition coefficient (Wildman–Crippen LogP) is 9.21. The normalized spacial score (nSPS) is 21.4. The lowest BCUT2D eigenvalue weighted by atomic mass is 9.96. The molecular weight excluding hydrogens is 632 g/mol. The van der Waals surface area contributed by atoms with Crippen molar-refractivity contribution in [2.24, 2.45) is 11.8 Å². The van der Waals surface area contributed by atoms with Gasteiger partial charge < -0.3 is 34.6 Å². The van der Waals surface area contributed by atoms with Crippen LogP contribution in [0, 0.1) is 11.8 Å². The molecule has 0 spiro atoms. The Kier molecular flexibility index (Phi) is 30.0. The Bertz CT molecular complexity index is 752. The molecule has 0 aromatic rings. The smallest absolute Gasteiger partial charge is 0.306 e. The first-order valence-corrected chi connectivity index (χ1v) is 21.3. The van der Waals surface area contributed by atoms with Crippen molar-refractivity contribution in [3.63, 3.8) is 0 Å². The van der Waals surface area contributed by atoms with Gasteiger partial charge in [0.15, 0.2) is 0 Å². The number of aliphatic hydroxyl groups excluding tert-OH is 4. The average Bonchev–Trinajstić information content (AvgIpc) is 3.28. The second-order valence-corrected chi connectivity index (χ2v) is 15.8. The van der Waals surface area contributed by atoms with Crippen LogP contribution in [-0.4, -0.2) is 82.8 Å². The zero-order chi connectivity index (χ0) is 36.8. The molecule has 0 radical (unpaired) electrons. The third kappa shape index (κ3) is 23.7. The molecule has 8 heteroatoms. The second-order valence-electron chi connectivity index (χ2n) is 15.8. The minimum absolute atomic E-state index is 0.0989. The summed E-state index contributed by atoms with van der Waals surface area (Å²) in [6, 6.07) is 0. The zero-order valence-corrected chi connectivity index (χ0v) is 33.0. The van der Waals surface area contributed by atoms with Crippen LogP contribution in [0.2, 0.25) is 0 Å². The van der Waals surface area contributed by atoms with Crippen molar-refractivity contribution in [1.29, 1.82) is 0 Å². The Hall–Kier alpha value is -0.770. The van der Waals surface area contributed by atoms with E-state index >= 15 is 0 Å². The summed E-state index contributed by atoms with van der Waals surface area (Å²) in [7, 11) is 0. The number of aliphatic hydroxyl groups is 4. The minimum Gasteiger partial charge on any atom is -0.457 e. The van der Waals surface area contributed by atoms with Crippen LogP contribution in [0.1, 0.15) is 195 Å². The Morgan fingerprint density at radius 1 is 0.520 bits per heavy atom. The van der Waals surface area contributed by atoms with Crippen LogP contribution in [-0.2, 0) is 19.0 Å². The average molecular weight is 715 g/mol. The molecule has 0 aromatic carbocycles. The maximum atomic E-state index is 12.7. The highest BCUT2D eigenvalue weighted by atomic mass is 16.6. The van der Waals surface area contributed by atoms with Crippen LogP contribution in [0.5, 0.6) is 0 Å². The number of hydrogen-bond acceptors (Lipinski definition) is 8. The van der Waals surface area contributed by atoms with E-state index in [1.807, 2.05) is 0 Å². The van der Waals surface area contributed by atoms with Gasteiger partial charge in [0.25, 0.3) is 0 Å². The molecule has 3 unspecified atom stereocenters. The molecule has 0 bridgehead atoms. The van der Waals surface area contributed by atoms with Crippen LogP contribution in [0.25, 0.3) is 0 Å². The van der Waals surface area contributed by atoms with E-state index in [0.717, 1.165) is 43.9 Å². The van der Waals surface area contributed by atoms with Crippen molar-refractivity contribution in [3.8, 4) is 0 Å². The molecule has 1 aliphatic rings. The highest BCUT2D eigenvalue weighted by Crippen LogP contribution is 2.25. The van der Waals surface area contributed by atoms with E-state index in [4.69, 9.17) is 14.2 Å². The van der Waals surface area contributed by atoms with Crippen LogP contribution in [0.4, 0.5) is 0 Å². The highest BCUT2D eigenvalue weighted by molar-refractivity contribution is 5.69. The number of hydrogen-bond donors (Lipinski definition) is 4. The molecule has 0 amide bonds. The van der Waals surface area contributed by atoms with Gasteiger partial charge in [-0.25, -0.2) is 0 Å². The van der Waals surface area contributed by atoms with Gasteiger partial charge in [0.2, 0.25) is 0 Å². The lowest BCUT2D eigenvalue weighted by Crippen LogP contribution is -2.39. The number of carbonyl (C=O) groups excluding carboxylic acids is 1. The van der Waals surface area contributed by atoms with Crippen LogP contribution in [0.15, 0.2) is 0 Å². The van der Waals surface area contributed by atoms with Gasteiger partial charge in [-0.3, -0.25) is 4.79 Å². The van der Waals surface area contributed by atoms with Crippen molar-refractivity contribution in [2.75, 3.05) is 19.8 Å². The van der Waals surface area contributed by atoms with Crippen molar-refractivity contribution in [1.82, 2.24) is 0 Å². The quantitative estimate of drug-likeness (QED) is 0.0378. The van der Waals surface area contributed by atoms with E-state index in [2.05, 4.69) is 27.7 Å². The van der Waals surface area contributed by atoms with Gasteiger partial charge in [-0.05, 0) is 24.7 Å². The van der Waals surface area contributed by atoms with Gasteiger partial charge in [-0.15, -0.1) is 0 Å². The SMILES string of the molecule is CCCCCCC(C)CCCCCCCCCOCC(COC1[C@@H](O)[C@H](O)[C@@H](O)[C@@H]1O)OC(=O)CCCCCCCCC(C)CCCCCC. The first-order valence-electron chi connectivity index (χ1n) is 21.3. The van der Waals surface area contributed by atoms with E-state index in [1.54, 1.807) is 0 Å². The minimum atomic E-state index is -1.49. The van der Waals surface area contributed by atoms with Gasteiger partial charge in [0, 0.05) is 13.0 Å². The van der Waals surface area contributed by atoms with E-state index in [1.165, 1.54) is 128 Å². The molecule has 0 aromatic heterocycles. The third-order valence-corrected chi connectivity index (χ3v) is 10.7. The molecule has 298 valence electrons. The number of carbonyl (C=O) groups is 1. The van der Waals surface area contributed by atoms with Crippen molar-refractivity contribution in [3.05, 3.63) is 0 Å². The summed E-state index contributed by atoms with van der Waals surface area (Å²) < 4.78 is 17.3. The number of unbranched alkanes of at least 4 members (excludes halogenated alkanes) is 17. The maximum Gasteiger partial charge on any atom is 0.306 e. The molecule has 1 saturated carbocycles. The fourth-order valence-corrected chi connectivity index (χ4v) is 7.16. The Labute approximate surface area is 307 Å². The Morgan fingerprint density at radius 3 is 1.38 bits per heavy atom. The summed E-state index contributed by atoms with van der Waals surface area (Å²) in [5.41, 5.74) is 0. The van der Waals surface area contributed by atoms with E-state index < -0.39 is 36.6 Å². The summed E-state index contributed by atoms with van der Waals surface area (Å²) in [4.78, 5) is 12.7. The Morgan fingerprint density at radius 2 is 0.920 bits per heavy atom. The first-order chi connectivity index (χ1) is 24.2. The van der Waals surface area contributed by atoms with E-state index in [9.17, 15) is 25.2 Å². The summed E-state index contributed by atoms with van der Waals surface area (Å²) in [6.45, 7) is 9.93. The largest absolute Gasteiger partial charge is 0.457 e. The molecule has 4 N–H and O–H groups in total. The molecule has 0 aliphatic heterocycles.